The summed E-state index contributed by atoms with van der Waals surface area (Å²) < 4.78 is 16.1. The van der Waals surface area contributed by atoms with Gasteiger partial charge in [-0.1, -0.05) is 0 Å². The number of ketones is 1. The minimum absolute atomic E-state index is 0.0173. The van der Waals surface area contributed by atoms with Crippen LogP contribution in [0.4, 0.5) is 5.88 Å². The summed E-state index contributed by atoms with van der Waals surface area (Å²) in [6, 6.07) is 4.17. The molecule has 1 aliphatic heterocycles. The van der Waals surface area contributed by atoms with Crippen LogP contribution in [0.25, 0.3) is 11.0 Å². The number of Topliss-reactive ketones (excluding diaryl/α,β-unsaturated/α-hetero) is 1. The molecule has 7 heteroatoms. The highest BCUT2D eigenvalue weighted by Gasteiger charge is 2.22. The number of nitrogens with zero attached hydrogens (tertiary/aromatic N) is 1. The van der Waals surface area contributed by atoms with Gasteiger partial charge in [0.25, 0.3) is 0 Å². The number of benzene rings is 1. The SMILES string of the molecule is COC(=O)c1cc(C(C)=O)c2oc(N3CCO[C@H](C)C3)cc(=O)c2c1. The molecular formula is C18H19NO6. The van der Waals surface area contributed by atoms with E-state index >= 15 is 0 Å². The zero-order valence-electron chi connectivity index (χ0n) is 14.3. The van der Waals surface area contributed by atoms with Crippen molar-refractivity contribution in [3.8, 4) is 0 Å². The Bertz CT molecular complexity index is 900. The van der Waals surface area contributed by atoms with Gasteiger partial charge in [0, 0.05) is 19.2 Å². The molecule has 2 aromatic rings. The number of anilines is 1. The van der Waals surface area contributed by atoms with E-state index in [9.17, 15) is 14.4 Å². The first-order valence-electron chi connectivity index (χ1n) is 7.98. The fourth-order valence-electron chi connectivity index (χ4n) is 2.92. The van der Waals surface area contributed by atoms with Crippen molar-refractivity contribution >= 4 is 28.6 Å². The Morgan fingerprint density at radius 3 is 2.68 bits per heavy atom. The first kappa shape index (κ1) is 17.2. The van der Waals surface area contributed by atoms with Gasteiger partial charge in [0.05, 0.1) is 36.3 Å². The van der Waals surface area contributed by atoms with Crippen molar-refractivity contribution in [2.24, 2.45) is 0 Å². The molecule has 0 radical (unpaired) electrons. The largest absolute Gasteiger partial charge is 0.465 e. The molecule has 1 fully saturated rings. The van der Waals surface area contributed by atoms with Gasteiger partial charge in [0.15, 0.2) is 22.7 Å². The second-order valence-corrected chi connectivity index (χ2v) is 6.02. The first-order chi connectivity index (χ1) is 11.9. The van der Waals surface area contributed by atoms with E-state index in [4.69, 9.17) is 9.15 Å². The van der Waals surface area contributed by atoms with Crippen molar-refractivity contribution in [3.05, 3.63) is 39.5 Å². The lowest BCUT2D eigenvalue weighted by atomic mass is 10.0. The number of carbonyl (C=O) groups is 2. The summed E-state index contributed by atoms with van der Waals surface area (Å²) in [5, 5.41) is 0.179. The van der Waals surface area contributed by atoms with Crippen molar-refractivity contribution < 1.29 is 23.5 Å². The zero-order chi connectivity index (χ0) is 18.1. The molecule has 1 aliphatic rings. The lowest BCUT2D eigenvalue weighted by molar-refractivity contribution is 0.0517. The maximum Gasteiger partial charge on any atom is 0.337 e. The van der Waals surface area contributed by atoms with Gasteiger partial charge in [0.1, 0.15) is 0 Å². The average Bonchev–Trinajstić information content (AvgIpc) is 2.60. The van der Waals surface area contributed by atoms with Crippen LogP contribution in [0.2, 0.25) is 0 Å². The number of hydrogen-bond acceptors (Lipinski definition) is 7. The third-order valence-corrected chi connectivity index (χ3v) is 4.17. The molecule has 0 aliphatic carbocycles. The maximum atomic E-state index is 12.6. The van der Waals surface area contributed by atoms with Crippen LogP contribution in [0, 0.1) is 0 Å². The van der Waals surface area contributed by atoms with Crippen LogP contribution in [-0.4, -0.2) is 44.7 Å². The number of morpholine rings is 1. The standard InChI is InChI=1S/C18H19NO6/c1-10-9-19(4-5-24-10)16-8-15(21)14-7-12(18(22)23-3)6-13(11(2)20)17(14)25-16/h6-8,10H,4-5,9H2,1-3H3/t10-/m1/s1. The van der Waals surface area contributed by atoms with E-state index in [0.29, 0.717) is 25.6 Å². The van der Waals surface area contributed by atoms with Gasteiger partial charge in [-0.3, -0.25) is 9.59 Å². The van der Waals surface area contributed by atoms with Crippen LogP contribution in [-0.2, 0) is 9.47 Å². The molecule has 1 aromatic heterocycles. The number of rotatable bonds is 3. The fourth-order valence-corrected chi connectivity index (χ4v) is 2.92. The Hall–Kier alpha value is -2.67. The third-order valence-electron chi connectivity index (χ3n) is 4.17. The molecule has 2 heterocycles. The monoisotopic (exact) mass is 345 g/mol. The van der Waals surface area contributed by atoms with Crippen LogP contribution >= 0.6 is 0 Å². The Morgan fingerprint density at radius 1 is 1.28 bits per heavy atom. The van der Waals surface area contributed by atoms with E-state index in [1.807, 2.05) is 11.8 Å². The lowest BCUT2D eigenvalue weighted by Gasteiger charge is -2.31. The molecule has 0 spiro atoms. The highest BCUT2D eigenvalue weighted by Crippen LogP contribution is 2.26. The van der Waals surface area contributed by atoms with Gasteiger partial charge in [-0.25, -0.2) is 4.79 Å². The van der Waals surface area contributed by atoms with E-state index in [1.54, 1.807) is 0 Å². The predicted octanol–water partition coefficient (Wildman–Crippen LogP) is 2.01. The van der Waals surface area contributed by atoms with Crippen LogP contribution in [0.15, 0.2) is 27.4 Å². The van der Waals surface area contributed by atoms with E-state index in [2.05, 4.69) is 4.74 Å². The smallest absolute Gasteiger partial charge is 0.337 e. The summed E-state index contributed by atoms with van der Waals surface area (Å²) in [5.74, 6) is -0.526. The number of esters is 1. The number of fused-ring (bicyclic) bond motifs is 1. The van der Waals surface area contributed by atoms with Crippen molar-refractivity contribution in [1.82, 2.24) is 0 Å². The van der Waals surface area contributed by atoms with Gasteiger partial charge in [-0.2, -0.15) is 0 Å². The van der Waals surface area contributed by atoms with Crippen molar-refractivity contribution in [2.45, 2.75) is 20.0 Å². The molecule has 1 saturated heterocycles. The van der Waals surface area contributed by atoms with Crippen LogP contribution < -0.4 is 10.3 Å². The van der Waals surface area contributed by atoms with Gasteiger partial charge in [-0.15, -0.1) is 0 Å². The van der Waals surface area contributed by atoms with E-state index in [1.165, 1.54) is 32.2 Å². The molecule has 3 rings (SSSR count). The predicted molar refractivity (Wildman–Crippen MR) is 91.5 cm³/mol. The fraction of sp³-hybridized carbons (Fsp3) is 0.389. The molecule has 0 bridgehead atoms. The second-order valence-electron chi connectivity index (χ2n) is 6.02. The summed E-state index contributed by atoms with van der Waals surface area (Å²) in [6.45, 7) is 5.01. The summed E-state index contributed by atoms with van der Waals surface area (Å²) in [5.41, 5.74) is 0.184. The van der Waals surface area contributed by atoms with Crippen LogP contribution in [0.3, 0.4) is 0 Å². The van der Waals surface area contributed by atoms with Gasteiger partial charge in [0.2, 0.25) is 0 Å². The van der Waals surface area contributed by atoms with E-state index < -0.39 is 5.97 Å². The van der Waals surface area contributed by atoms with Crippen molar-refractivity contribution in [2.75, 3.05) is 31.7 Å². The number of hydrogen-bond donors (Lipinski definition) is 0. The van der Waals surface area contributed by atoms with Gasteiger partial charge >= 0.3 is 5.97 Å². The highest BCUT2D eigenvalue weighted by molar-refractivity contribution is 6.08. The Balaban J connectivity index is 2.19. The third kappa shape index (κ3) is 3.28. The highest BCUT2D eigenvalue weighted by atomic mass is 16.5. The summed E-state index contributed by atoms with van der Waals surface area (Å²) in [7, 11) is 1.24. The lowest BCUT2D eigenvalue weighted by Crippen LogP contribution is -2.41. The quantitative estimate of drug-likeness (QED) is 0.621. The molecule has 0 amide bonds. The molecule has 0 saturated carbocycles. The topological polar surface area (TPSA) is 86.1 Å². The Kier molecular flexibility index (Phi) is 4.59. The zero-order valence-corrected chi connectivity index (χ0v) is 14.3. The minimum Gasteiger partial charge on any atom is -0.465 e. The molecule has 0 unspecified atom stereocenters. The van der Waals surface area contributed by atoms with Gasteiger partial charge in [-0.05, 0) is 26.0 Å². The molecule has 132 valence electrons. The van der Waals surface area contributed by atoms with Crippen molar-refractivity contribution in [3.63, 3.8) is 0 Å². The van der Waals surface area contributed by atoms with E-state index in [0.717, 1.165) is 0 Å². The summed E-state index contributed by atoms with van der Waals surface area (Å²) >= 11 is 0. The number of ether oxygens (including phenoxy) is 2. The first-order valence-corrected chi connectivity index (χ1v) is 7.98. The van der Waals surface area contributed by atoms with Gasteiger partial charge < -0.3 is 18.8 Å². The minimum atomic E-state index is -0.616. The summed E-state index contributed by atoms with van der Waals surface area (Å²) in [4.78, 5) is 38.3. The Labute approximate surface area is 144 Å². The van der Waals surface area contributed by atoms with Crippen LogP contribution in [0.1, 0.15) is 34.6 Å². The van der Waals surface area contributed by atoms with E-state index in [-0.39, 0.29) is 39.4 Å². The molecule has 0 N–H and O–H groups in total. The van der Waals surface area contributed by atoms with Crippen molar-refractivity contribution in [1.29, 1.82) is 0 Å². The molecule has 25 heavy (non-hydrogen) atoms. The maximum absolute atomic E-state index is 12.6. The molecule has 1 atom stereocenters. The average molecular weight is 345 g/mol. The molecule has 7 nitrogen and oxygen atoms in total. The number of methoxy groups -OCH3 is 1. The normalized spacial score (nSPS) is 17.6. The second kappa shape index (κ2) is 6.68. The summed E-state index contributed by atoms with van der Waals surface area (Å²) in [6.07, 6.45) is 0.0173. The Morgan fingerprint density at radius 2 is 2.04 bits per heavy atom. The number of carbonyl (C=O) groups excluding carboxylic acids is 2. The van der Waals surface area contributed by atoms with Crippen LogP contribution in [0.5, 0.6) is 0 Å². The molecular weight excluding hydrogens is 326 g/mol. The molecule has 1 aromatic carbocycles.